The van der Waals surface area contributed by atoms with Crippen LogP contribution in [0.25, 0.3) is 0 Å². The molecule has 15 heavy (non-hydrogen) atoms. The van der Waals surface area contributed by atoms with Crippen LogP contribution in [0.5, 0.6) is 0 Å². The average Bonchev–Trinajstić information content (AvgIpc) is 2.81. The second-order valence-electron chi connectivity index (χ2n) is 4.41. The number of amides is 1. The summed E-state index contributed by atoms with van der Waals surface area (Å²) in [6.07, 6.45) is 4.05. The predicted molar refractivity (Wildman–Crippen MR) is 57.6 cm³/mol. The summed E-state index contributed by atoms with van der Waals surface area (Å²) in [6, 6.07) is 0.462. The van der Waals surface area contributed by atoms with E-state index in [1.165, 1.54) is 6.42 Å². The van der Waals surface area contributed by atoms with Crippen LogP contribution in [0.1, 0.15) is 25.7 Å². The van der Waals surface area contributed by atoms with Crippen LogP contribution in [-0.2, 0) is 9.53 Å². The molecule has 0 aromatic rings. The molecule has 0 radical (unpaired) electrons. The Labute approximate surface area is 91.0 Å². The Hall–Kier alpha value is -0.610. The van der Waals surface area contributed by atoms with Crippen LogP contribution in [0.15, 0.2) is 0 Å². The number of likely N-dealkylation sites (N-methyl/N-ethyl adjacent to an activating group) is 1. The van der Waals surface area contributed by atoms with E-state index in [1.54, 1.807) is 0 Å². The molecule has 4 heteroatoms. The highest BCUT2D eigenvalue weighted by atomic mass is 16.5. The lowest BCUT2D eigenvalue weighted by molar-refractivity contribution is -0.142. The SMILES string of the molecule is CNC1CCCN(C(=O)C2CCCO2)C1. The Bertz CT molecular complexity index is 227. The van der Waals surface area contributed by atoms with Gasteiger partial charge in [-0.05, 0) is 32.7 Å². The molecule has 86 valence electrons. The number of hydrogen-bond donors (Lipinski definition) is 1. The molecule has 2 saturated heterocycles. The quantitative estimate of drug-likeness (QED) is 0.719. The molecule has 2 rings (SSSR count). The highest BCUT2D eigenvalue weighted by molar-refractivity contribution is 5.81. The fraction of sp³-hybridized carbons (Fsp3) is 0.909. The molecular formula is C11H20N2O2. The van der Waals surface area contributed by atoms with Crippen LogP contribution in [0.4, 0.5) is 0 Å². The van der Waals surface area contributed by atoms with Crippen molar-refractivity contribution in [2.45, 2.75) is 37.8 Å². The third kappa shape index (κ3) is 2.49. The molecule has 4 nitrogen and oxygen atoms in total. The normalized spacial score (nSPS) is 31.9. The molecule has 1 amide bonds. The van der Waals surface area contributed by atoms with Crippen molar-refractivity contribution in [1.29, 1.82) is 0 Å². The second kappa shape index (κ2) is 4.94. The van der Waals surface area contributed by atoms with E-state index in [0.717, 1.165) is 39.0 Å². The van der Waals surface area contributed by atoms with Gasteiger partial charge in [0.2, 0.25) is 0 Å². The molecule has 0 spiro atoms. The zero-order valence-corrected chi connectivity index (χ0v) is 9.37. The maximum absolute atomic E-state index is 12.0. The zero-order chi connectivity index (χ0) is 10.7. The first-order valence-corrected chi connectivity index (χ1v) is 5.89. The van der Waals surface area contributed by atoms with E-state index in [2.05, 4.69) is 5.32 Å². The Kier molecular flexibility index (Phi) is 3.59. The summed E-state index contributed by atoms with van der Waals surface area (Å²) < 4.78 is 5.43. The molecule has 0 aromatic heterocycles. The largest absolute Gasteiger partial charge is 0.368 e. The first kappa shape index (κ1) is 10.9. The first-order chi connectivity index (χ1) is 7.31. The standard InChI is InChI=1S/C11H20N2O2/c1-12-9-4-2-6-13(8-9)11(14)10-5-3-7-15-10/h9-10,12H,2-8H2,1H3. The van der Waals surface area contributed by atoms with Crippen molar-refractivity contribution >= 4 is 5.91 Å². The van der Waals surface area contributed by atoms with Crippen molar-refractivity contribution in [3.05, 3.63) is 0 Å². The van der Waals surface area contributed by atoms with Crippen molar-refractivity contribution in [3.63, 3.8) is 0 Å². The van der Waals surface area contributed by atoms with Crippen LogP contribution >= 0.6 is 0 Å². The van der Waals surface area contributed by atoms with Gasteiger partial charge in [-0.15, -0.1) is 0 Å². The maximum Gasteiger partial charge on any atom is 0.251 e. The van der Waals surface area contributed by atoms with Crippen LogP contribution in [0.3, 0.4) is 0 Å². The summed E-state index contributed by atoms with van der Waals surface area (Å²) in [5, 5.41) is 3.24. The average molecular weight is 212 g/mol. The van der Waals surface area contributed by atoms with Gasteiger partial charge >= 0.3 is 0 Å². The van der Waals surface area contributed by atoms with Crippen LogP contribution in [-0.4, -0.2) is 49.7 Å². The number of carbonyl (C=O) groups is 1. The summed E-state index contributed by atoms with van der Waals surface area (Å²) in [5.41, 5.74) is 0. The molecule has 0 aliphatic carbocycles. The van der Waals surface area contributed by atoms with E-state index < -0.39 is 0 Å². The summed E-state index contributed by atoms with van der Waals surface area (Å²) in [7, 11) is 1.96. The van der Waals surface area contributed by atoms with Gasteiger partial charge in [-0.1, -0.05) is 0 Å². The van der Waals surface area contributed by atoms with E-state index >= 15 is 0 Å². The van der Waals surface area contributed by atoms with Crippen molar-refractivity contribution in [2.75, 3.05) is 26.7 Å². The number of carbonyl (C=O) groups excluding carboxylic acids is 1. The van der Waals surface area contributed by atoms with Crippen LogP contribution in [0, 0.1) is 0 Å². The lowest BCUT2D eigenvalue weighted by atomic mass is 10.0. The van der Waals surface area contributed by atoms with Crippen molar-refractivity contribution in [2.24, 2.45) is 0 Å². The lowest BCUT2D eigenvalue weighted by Gasteiger charge is -2.33. The number of piperidine rings is 1. The zero-order valence-electron chi connectivity index (χ0n) is 9.37. The van der Waals surface area contributed by atoms with E-state index in [0.29, 0.717) is 6.04 Å². The Morgan fingerprint density at radius 1 is 1.40 bits per heavy atom. The fourth-order valence-corrected chi connectivity index (χ4v) is 2.39. The van der Waals surface area contributed by atoms with E-state index in [1.807, 2.05) is 11.9 Å². The molecule has 2 atom stereocenters. The van der Waals surface area contributed by atoms with Crippen molar-refractivity contribution < 1.29 is 9.53 Å². The van der Waals surface area contributed by atoms with Gasteiger partial charge in [-0.2, -0.15) is 0 Å². The molecule has 2 aliphatic rings. The fourth-order valence-electron chi connectivity index (χ4n) is 2.39. The summed E-state index contributed by atoms with van der Waals surface area (Å²) in [4.78, 5) is 14.0. The van der Waals surface area contributed by atoms with Gasteiger partial charge in [-0.3, -0.25) is 4.79 Å². The maximum atomic E-state index is 12.0. The molecule has 2 aliphatic heterocycles. The predicted octanol–water partition coefficient (Wildman–Crippen LogP) is 0.376. The number of ether oxygens (including phenoxy) is 1. The highest BCUT2D eigenvalue weighted by Crippen LogP contribution is 2.18. The molecule has 0 bridgehead atoms. The Balaban J connectivity index is 1.88. The van der Waals surface area contributed by atoms with Crippen molar-refractivity contribution in [1.82, 2.24) is 10.2 Å². The third-order valence-corrected chi connectivity index (χ3v) is 3.35. The second-order valence-corrected chi connectivity index (χ2v) is 4.41. The first-order valence-electron chi connectivity index (χ1n) is 5.89. The van der Waals surface area contributed by atoms with E-state index in [-0.39, 0.29) is 12.0 Å². The smallest absolute Gasteiger partial charge is 0.251 e. The number of rotatable bonds is 2. The molecule has 0 saturated carbocycles. The molecule has 2 unspecified atom stereocenters. The van der Waals surface area contributed by atoms with Gasteiger partial charge in [0.1, 0.15) is 6.10 Å². The third-order valence-electron chi connectivity index (χ3n) is 3.35. The molecule has 0 aromatic carbocycles. The minimum absolute atomic E-state index is 0.152. The van der Waals surface area contributed by atoms with Gasteiger partial charge in [0.25, 0.3) is 5.91 Å². The van der Waals surface area contributed by atoms with Crippen molar-refractivity contribution in [3.8, 4) is 0 Å². The van der Waals surface area contributed by atoms with Gasteiger partial charge in [0.15, 0.2) is 0 Å². The Morgan fingerprint density at radius 2 is 2.27 bits per heavy atom. The summed E-state index contributed by atoms with van der Waals surface area (Å²) in [5.74, 6) is 0.201. The van der Waals surface area contributed by atoms with Gasteiger partial charge in [-0.25, -0.2) is 0 Å². The monoisotopic (exact) mass is 212 g/mol. The molecule has 1 N–H and O–H groups in total. The summed E-state index contributed by atoms with van der Waals surface area (Å²) in [6.45, 7) is 2.49. The molecule has 2 heterocycles. The summed E-state index contributed by atoms with van der Waals surface area (Å²) >= 11 is 0. The number of nitrogens with zero attached hydrogens (tertiary/aromatic N) is 1. The van der Waals surface area contributed by atoms with E-state index in [4.69, 9.17) is 4.74 Å². The minimum atomic E-state index is -0.152. The van der Waals surface area contributed by atoms with Gasteiger partial charge in [0.05, 0.1) is 0 Å². The number of nitrogens with one attached hydrogen (secondary N) is 1. The van der Waals surface area contributed by atoms with Crippen LogP contribution in [0.2, 0.25) is 0 Å². The van der Waals surface area contributed by atoms with Crippen LogP contribution < -0.4 is 5.32 Å². The number of hydrogen-bond acceptors (Lipinski definition) is 3. The van der Waals surface area contributed by atoms with E-state index in [9.17, 15) is 4.79 Å². The van der Waals surface area contributed by atoms with Gasteiger partial charge < -0.3 is 15.0 Å². The Morgan fingerprint density at radius 3 is 2.93 bits per heavy atom. The molecular weight excluding hydrogens is 192 g/mol. The van der Waals surface area contributed by atoms with Gasteiger partial charge in [0, 0.05) is 25.7 Å². The number of likely N-dealkylation sites (tertiary alicyclic amines) is 1. The highest BCUT2D eigenvalue weighted by Gasteiger charge is 2.30. The topological polar surface area (TPSA) is 41.6 Å². The lowest BCUT2D eigenvalue weighted by Crippen LogP contribution is -2.49. The minimum Gasteiger partial charge on any atom is -0.368 e. The molecule has 2 fully saturated rings.